The number of primary amides is 1. The van der Waals surface area contributed by atoms with Gasteiger partial charge in [-0.05, 0) is 18.6 Å². The summed E-state index contributed by atoms with van der Waals surface area (Å²) in [7, 11) is 0. The number of rotatable bonds is 4. The Kier molecular flexibility index (Phi) is 5.51. The molecular formula is C5H11NO2S. The Labute approximate surface area is 60.0 Å². The highest BCUT2D eigenvalue weighted by Crippen LogP contribution is 1.91. The van der Waals surface area contributed by atoms with Gasteiger partial charge in [-0.15, -0.1) is 0 Å². The van der Waals surface area contributed by atoms with Crippen molar-refractivity contribution in [3.05, 3.63) is 0 Å². The third-order valence-corrected chi connectivity index (χ3v) is 1.11. The number of amides is 1. The summed E-state index contributed by atoms with van der Waals surface area (Å²) < 4.78 is 4.45. The van der Waals surface area contributed by atoms with Crippen molar-refractivity contribution in [2.24, 2.45) is 5.73 Å². The molecule has 0 atom stereocenters. The minimum absolute atomic E-state index is 0.413. The number of ether oxygens (including phenoxy) is 1. The van der Waals surface area contributed by atoms with Gasteiger partial charge in [0.05, 0.1) is 6.61 Å². The maximum atomic E-state index is 9.94. The Morgan fingerprint density at radius 2 is 2.22 bits per heavy atom. The van der Waals surface area contributed by atoms with E-state index in [-0.39, 0.29) is 0 Å². The summed E-state index contributed by atoms with van der Waals surface area (Å²) in [6.45, 7) is 0.413. The fourth-order valence-corrected chi connectivity index (χ4v) is 0.610. The molecule has 0 aromatic carbocycles. The SMILES string of the molecule is NC(=O)OCCCCS. The average molecular weight is 149 g/mol. The highest BCUT2D eigenvalue weighted by Gasteiger charge is 1.90. The zero-order valence-corrected chi connectivity index (χ0v) is 6.06. The molecule has 0 heterocycles. The van der Waals surface area contributed by atoms with Crippen LogP contribution in [-0.2, 0) is 4.74 Å². The number of hydrogen-bond acceptors (Lipinski definition) is 3. The largest absolute Gasteiger partial charge is 0.450 e. The number of hydrogen-bond donors (Lipinski definition) is 2. The lowest BCUT2D eigenvalue weighted by molar-refractivity contribution is 0.155. The van der Waals surface area contributed by atoms with Gasteiger partial charge in [-0.25, -0.2) is 4.79 Å². The minimum Gasteiger partial charge on any atom is -0.450 e. The molecule has 0 saturated carbocycles. The van der Waals surface area contributed by atoms with Gasteiger partial charge in [0.25, 0.3) is 0 Å². The molecule has 0 saturated heterocycles. The van der Waals surface area contributed by atoms with Crippen molar-refractivity contribution in [3.63, 3.8) is 0 Å². The van der Waals surface area contributed by atoms with E-state index in [1.807, 2.05) is 0 Å². The fraction of sp³-hybridized carbons (Fsp3) is 0.800. The van der Waals surface area contributed by atoms with Crippen molar-refractivity contribution in [2.45, 2.75) is 12.8 Å². The third-order valence-electron chi connectivity index (χ3n) is 0.797. The van der Waals surface area contributed by atoms with Gasteiger partial charge >= 0.3 is 6.09 Å². The van der Waals surface area contributed by atoms with Crippen LogP contribution in [0.1, 0.15) is 12.8 Å². The molecule has 4 heteroatoms. The van der Waals surface area contributed by atoms with Crippen LogP contribution in [0, 0.1) is 0 Å². The number of thiol groups is 1. The van der Waals surface area contributed by atoms with Crippen molar-refractivity contribution in [1.82, 2.24) is 0 Å². The van der Waals surface area contributed by atoms with Gasteiger partial charge < -0.3 is 10.5 Å². The molecule has 3 nitrogen and oxygen atoms in total. The number of nitrogens with two attached hydrogens (primary N) is 1. The van der Waals surface area contributed by atoms with E-state index < -0.39 is 6.09 Å². The number of unbranched alkanes of at least 4 members (excludes halogenated alkanes) is 1. The molecule has 0 aromatic heterocycles. The highest BCUT2D eigenvalue weighted by atomic mass is 32.1. The summed E-state index contributed by atoms with van der Waals surface area (Å²) in [5.41, 5.74) is 4.69. The van der Waals surface area contributed by atoms with Gasteiger partial charge in [0.2, 0.25) is 0 Å². The molecule has 0 bridgehead atoms. The minimum atomic E-state index is -0.700. The second kappa shape index (κ2) is 5.75. The maximum absolute atomic E-state index is 9.94. The summed E-state index contributed by atoms with van der Waals surface area (Å²) in [6, 6.07) is 0. The van der Waals surface area contributed by atoms with E-state index in [0.29, 0.717) is 6.61 Å². The van der Waals surface area contributed by atoms with Crippen LogP contribution in [0.2, 0.25) is 0 Å². The Bertz CT molecular complexity index is 87.0. The molecule has 0 unspecified atom stereocenters. The van der Waals surface area contributed by atoms with Gasteiger partial charge in [-0.2, -0.15) is 12.6 Å². The van der Waals surface area contributed by atoms with Crippen molar-refractivity contribution in [2.75, 3.05) is 12.4 Å². The summed E-state index contributed by atoms with van der Waals surface area (Å²) in [5, 5.41) is 0. The van der Waals surface area contributed by atoms with Gasteiger partial charge in [0.1, 0.15) is 0 Å². The smallest absolute Gasteiger partial charge is 0.404 e. The zero-order valence-electron chi connectivity index (χ0n) is 5.17. The van der Waals surface area contributed by atoms with Crippen LogP contribution < -0.4 is 5.73 Å². The van der Waals surface area contributed by atoms with Crippen molar-refractivity contribution in [1.29, 1.82) is 0 Å². The molecule has 1 amide bonds. The van der Waals surface area contributed by atoms with E-state index in [9.17, 15) is 4.79 Å². The third kappa shape index (κ3) is 7.62. The van der Waals surface area contributed by atoms with Gasteiger partial charge in [-0.3, -0.25) is 0 Å². The lowest BCUT2D eigenvalue weighted by Gasteiger charge is -1.97. The first-order chi connectivity index (χ1) is 4.27. The predicted octanol–water partition coefficient (Wildman–Crippen LogP) is 0.792. The van der Waals surface area contributed by atoms with E-state index in [0.717, 1.165) is 18.6 Å². The average Bonchev–Trinajstić information content (AvgIpc) is 1.80. The van der Waals surface area contributed by atoms with Crippen LogP contribution in [0.25, 0.3) is 0 Å². The van der Waals surface area contributed by atoms with E-state index in [1.165, 1.54) is 0 Å². The molecular weight excluding hydrogens is 138 g/mol. The molecule has 54 valence electrons. The topological polar surface area (TPSA) is 52.3 Å². The molecule has 0 aromatic rings. The van der Waals surface area contributed by atoms with E-state index in [2.05, 4.69) is 17.4 Å². The molecule has 0 spiro atoms. The highest BCUT2D eigenvalue weighted by molar-refractivity contribution is 7.80. The van der Waals surface area contributed by atoms with Crippen LogP contribution in [0.3, 0.4) is 0 Å². The monoisotopic (exact) mass is 149 g/mol. The predicted molar refractivity (Wildman–Crippen MR) is 38.6 cm³/mol. The van der Waals surface area contributed by atoms with Crippen molar-refractivity contribution >= 4 is 18.7 Å². The second-order valence-electron chi connectivity index (χ2n) is 1.60. The summed E-state index contributed by atoms with van der Waals surface area (Å²) in [4.78, 5) is 9.94. The maximum Gasteiger partial charge on any atom is 0.404 e. The molecule has 0 aliphatic heterocycles. The quantitative estimate of drug-likeness (QED) is 0.458. The van der Waals surface area contributed by atoms with Crippen molar-refractivity contribution in [3.8, 4) is 0 Å². The first-order valence-electron chi connectivity index (χ1n) is 2.80. The molecule has 0 radical (unpaired) electrons. The normalized spacial score (nSPS) is 9.00. The molecule has 0 aliphatic rings. The molecule has 9 heavy (non-hydrogen) atoms. The molecule has 0 rings (SSSR count). The lowest BCUT2D eigenvalue weighted by atomic mass is 10.4. The summed E-state index contributed by atoms with van der Waals surface area (Å²) in [5.74, 6) is 0.822. The fourth-order valence-electron chi connectivity index (χ4n) is 0.387. The van der Waals surface area contributed by atoms with Crippen LogP contribution in [-0.4, -0.2) is 18.5 Å². The van der Waals surface area contributed by atoms with Crippen molar-refractivity contribution < 1.29 is 9.53 Å². The van der Waals surface area contributed by atoms with Crippen LogP contribution in [0.15, 0.2) is 0 Å². The summed E-state index contributed by atoms with van der Waals surface area (Å²) in [6.07, 6.45) is 1.09. The first-order valence-corrected chi connectivity index (χ1v) is 3.43. The van der Waals surface area contributed by atoms with Crippen LogP contribution in [0.4, 0.5) is 4.79 Å². The van der Waals surface area contributed by atoms with E-state index in [1.54, 1.807) is 0 Å². The molecule has 0 aliphatic carbocycles. The summed E-state index contributed by atoms with van der Waals surface area (Å²) >= 11 is 3.97. The first kappa shape index (κ1) is 8.62. The lowest BCUT2D eigenvalue weighted by Crippen LogP contribution is -2.13. The standard InChI is InChI=1S/C5H11NO2S/c6-5(7)8-3-1-2-4-9/h9H,1-4H2,(H2,6,7). The van der Waals surface area contributed by atoms with Gasteiger partial charge in [0, 0.05) is 0 Å². The van der Waals surface area contributed by atoms with Crippen LogP contribution in [0.5, 0.6) is 0 Å². The Hall–Kier alpha value is -0.380. The Morgan fingerprint density at radius 1 is 1.56 bits per heavy atom. The van der Waals surface area contributed by atoms with Gasteiger partial charge in [0.15, 0.2) is 0 Å². The zero-order chi connectivity index (χ0) is 7.11. The van der Waals surface area contributed by atoms with Crippen LogP contribution >= 0.6 is 12.6 Å². The Balaban J connectivity index is 2.83. The van der Waals surface area contributed by atoms with Gasteiger partial charge in [-0.1, -0.05) is 0 Å². The molecule has 2 N–H and O–H groups in total. The van der Waals surface area contributed by atoms with E-state index >= 15 is 0 Å². The number of carbonyl (C=O) groups is 1. The number of carbonyl (C=O) groups excluding carboxylic acids is 1. The van der Waals surface area contributed by atoms with E-state index in [4.69, 9.17) is 5.73 Å². The second-order valence-corrected chi connectivity index (χ2v) is 2.05. The molecule has 0 fully saturated rings. The Morgan fingerprint density at radius 3 is 2.67 bits per heavy atom.